The Morgan fingerprint density at radius 2 is 0.486 bits per heavy atom. The van der Waals surface area contributed by atoms with Crippen LogP contribution in [0.25, 0.3) is 77.2 Å². The van der Waals surface area contributed by atoms with Crippen LogP contribution in [0.5, 0.6) is 0 Å². The maximum absolute atomic E-state index is 2.40. The average Bonchev–Trinajstić information content (AvgIpc) is 3.95. The summed E-state index contributed by atoms with van der Waals surface area (Å²) in [5.41, 5.74) is 18.4. The van der Waals surface area contributed by atoms with Crippen LogP contribution in [-0.2, 0) is 0 Å². The zero-order valence-electron chi connectivity index (χ0n) is 38.3. The van der Waals surface area contributed by atoms with Gasteiger partial charge in [-0.2, -0.15) is 0 Å². The second-order valence-corrected chi connectivity index (χ2v) is 17.8. The molecule has 0 aliphatic carbocycles. The van der Waals surface area contributed by atoms with Gasteiger partial charge in [0.2, 0.25) is 0 Å². The lowest BCUT2D eigenvalue weighted by atomic mass is 9.99. The number of hydrogen-bond acceptors (Lipinski definition) is 2. The van der Waals surface area contributed by atoms with Crippen molar-refractivity contribution in [1.82, 2.24) is 9.13 Å². The van der Waals surface area contributed by atoms with Gasteiger partial charge in [-0.15, -0.1) is 0 Å². The lowest BCUT2D eigenvalue weighted by molar-refractivity contribution is 1.17. The molecule has 13 aromatic rings. The fourth-order valence-electron chi connectivity index (χ4n) is 10.4. The number of anilines is 6. The molecule has 0 radical (unpaired) electrons. The normalized spacial score (nSPS) is 11.4. The number of benzene rings is 11. The van der Waals surface area contributed by atoms with Gasteiger partial charge in [0.15, 0.2) is 0 Å². The summed E-state index contributed by atoms with van der Waals surface area (Å²) in [6.07, 6.45) is 0. The third-order valence-electron chi connectivity index (χ3n) is 13.7. The van der Waals surface area contributed by atoms with Gasteiger partial charge in [0.25, 0.3) is 0 Å². The summed E-state index contributed by atoms with van der Waals surface area (Å²) >= 11 is 0. The number of nitrogens with zero attached hydrogens (tertiary/aromatic N) is 4. The van der Waals surface area contributed by atoms with E-state index >= 15 is 0 Å². The smallest absolute Gasteiger partial charge is 0.0541 e. The molecular formula is C66H46N4. The first-order valence-corrected chi connectivity index (χ1v) is 23.9. The third kappa shape index (κ3) is 7.18. The van der Waals surface area contributed by atoms with Crippen molar-refractivity contribution in [3.8, 4) is 33.6 Å². The highest BCUT2D eigenvalue weighted by Crippen LogP contribution is 2.42. The van der Waals surface area contributed by atoms with E-state index in [9.17, 15) is 0 Å². The molecule has 2 aromatic heterocycles. The fraction of sp³-hybridized carbons (Fsp3) is 0. The van der Waals surface area contributed by atoms with E-state index in [-0.39, 0.29) is 0 Å². The first-order chi connectivity index (χ1) is 34.7. The molecule has 11 aromatic carbocycles. The fourth-order valence-corrected chi connectivity index (χ4v) is 10.4. The summed E-state index contributed by atoms with van der Waals surface area (Å²) in [6, 6.07) is 101. The SMILES string of the molecule is c1ccc(N(c2ccccc2)c2ccc(-c3ccc4c(c3)c3cc(-c5ccc6c(c5)c5ccccc5n6-c5ccc(N(c6ccccc6)c6ccccc6)cc5)ccc3n4-c3ccccc3)cc2)cc1. The molecule has 70 heavy (non-hydrogen) atoms. The molecule has 0 saturated carbocycles. The van der Waals surface area contributed by atoms with Crippen LogP contribution in [-0.4, -0.2) is 9.13 Å². The van der Waals surface area contributed by atoms with E-state index in [0.29, 0.717) is 0 Å². The van der Waals surface area contributed by atoms with Crippen molar-refractivity contribution in [2.24, 2.45) is 0 Å². The van der Waals surface area contributed by atoms with Gasteiger partial charge < -0.3 is 18.9 Å². The van der Waals surface area contributed by atoms with Crippen LogP contribution < -0.4 is 9.80 Å². The molecule has 0 bridgehead atoms. The highest BCUT2D eigenvalue weighted by atomic mass is 15.1. The highest BCUT2D eigenvalue weighted by Gasteiger charge is 2.19. The number of para-hydroxylation sites is 6. The molecule has 0 saturated heterocycles. The van der Waals surface area contributed by atoms with Gasteiger partial charge in [-0.1, -0.05) is 140 Å². The molecule has 0 aliphatic heterocycles. The summed E-state index contributed by atoms with van der Waals surface area (Å²) in [5, 5.41) is 4.89. The van der Waals surface area contributed by atoms with Crippen LogP contribution in [0.2, 0.25) is 0 Å². The Labute approximate surface area is 407 Å². The largest absolute Gasteiger partial charge is 0.311 e. The Hall–Kier alpha value is -9.38. The maximum Gasteiger partial charge on any atom is 0.0541 e. The monoisotopic (exact) mass is 894 g/mol. The molecule has 0 spiro atoms. The molecule has 4 heteroatoms. The minimum absolute atomic E-state index is 1.10. The zero-order valence-corrected chi connectivity index (χ0v) is 38.3. The second kappa shape index (κ2) is 17.4. The van der Waals surface area contributed by atoms with Crippen LogP contribution in [0, 0.1) is 0 Å². The molecule has 0 aliphatic rings. The number of aromatic nitrogens is 2. The van der Waals surface area contributed by atoms with Crippen molar-refractivity contribution < 1.29 is 0 Å². The first kappa shape index (κ1) is 40.9. The van der Waals surface area contributed by atoms with Gasteiger partial charge in [-0.05, 0) is 162 Å². The topological polar surface area (TPSA) is 16.3 Å². The van der Waals surface area contributed by atoms with Crippen LogP contribution in [0.1, 0.15) is 0 Å². The van der Waals surface area contributed by atoms with Gasteiger partial charge >= 0.3 is 0 Å². The summed E-state index contributed by atoms with van der Waals surface area (Å²) in [7, 11) is 0. The second-order valence-electron chi connectivity index (χ2n) is 17.8. The lowest BCUT2D eigenvalue weighted by Crippen LogP contribution is -2.09. The van der Waals surface area contributed by atoms with E-state index in [2.05, 4.69) is 298 Å². The van der Waals surface area contributed by atoms with Gasteiger partial charge in [-0.3, -0.25) is 0 Å². The molecule has 2 heterocycles. The number of hydrogen-bond donors (Lipinski definition) is 0. The molecule has 4 nitrogen and oxygen atoms in total. The van der Waals surface area contributed by atoms with Crippen LogP contribution in [0.4, 0.5) is 34.1 Å². The standard InChI is InChI=1S/C66H46N4/c1-6-18-51(19-7-1)67(52-20-8-2-9-21-52)56-35-30-47(31-36-56)48-32-41-65-61(44-48)62-46-50(34-43-66(62)69(65)55-26-14-5-15-27-55)49-33-42-64-60(45-49)59-28-16-17-29-63(59)70(64)58-39-37-57(38-40-58)68(53-22-10-3-11-23-53)54-24-12-4-13-25-54/h1-46H. The zero-order chi connectivity index (χ0) is 46.4. The van der Waals surface area contributed by atoms with Crippen LogP contribution in [0.3, 0.4) is 0 Å². The minimum atomic E-state index is 1.10. The van der Waals surface area contributed by atoms with Crippen molar-refractivity contribution in [2.75, 3.05) is 9.80 Å². The minimum Gasteiger partial charge on any atom is -0.311 e. The Morgan fingerprint density at radius 3 is 0.914 bits per heavy atom. The van der Waals surface area contributed by atoms with E-state index in [4.69, 9.17) is 0 Å². The Bertz CT molecular complexity index is 3880. The molecule has 0 atom stereocenters. The van der Waals surface area contributed by atoms with E-state index in [1.165, 1.54) is 65.9 Å². The lowest BCUT2D eigenvalue weighted by Gasteiger charge is -2.25. The predicted molar refractivity (Wildman–Crippen MR) is 295 cm³/mol. The van der Waals surface area contributed by atoms with E-state index in [1.54, 1.807) is 0 Å². The van der Waals surface area contributed by atoms with Crippen molar-refractivity contribution in [3.05, 3.63) is 279 Å². The molecule has 0 amide bonds. The van der Waals surface area contributed by atoms with Crippen LogP contribution in [0.15, 0.2) is 279 Å². The average molecular weight is 895 g/mol. The van der Waals surface area contributed by atoms with Crippen LogP contribution >= 0.6 is 0 Å². The van der Waals surface area contributed by atoms with E-state index in [1.807, 2.05) is 0 Å². The van der Waals surface area contributed by atoms with Gasteiger partial charge in [0.1, 0.15) is 0 Å². The highest BCUT2D eigenvalue weighted by molar-refractivity contribution is 6.13. The third-order valence-corrected chi connectivity index (χ3v) is 13.7. The van der Waals surface area contributed by atoms with Gasteiger partial charge in [0.05, 0.1) is 22.1 Å². The summed E-state index contributed by atoms with van der Waals surface area (Å²) < 4.78 is 4.80. The Morgan fingerprint density at radius 1 is 0.200 bits per heavy atom. The quantitative estimate of drug-likeness (QED) is 0.136. The molecule has 13 rings (SSSR count). The van der Waals surface area contributed by atoms with Crippen molar-refractivity contribution in [1.29, 1.82) is 0 Å². The Kier molecular flexibility index (Phi) is 10.1. The summed E-state index contributed by atoms with van der Waals surface area (Å²) in [5.74, 6) is 0. The molecule has 0 N–H and O–H groups in total. The van der Waals surface area contributed by atoms with Crippen molar-refractivity contribution in [2.45, 2.75) is 0 Å². The van der Waals surface area contributed by atoms with Crippen molar-refractivity contribution in [3.63, 3.8) is 0 Å². The predicted octanol–water partition coefficient (Wildman–Crippen LogP) is 18.2. The number of rotatable bonds is 10. The van der Waals surface area contributed by atoms with E-state index in [0.717, 1.165) is 45.5 Å². The summed E-state index contributed by atoms with van der Waals surface area (Å²) in [6.45, 7) is 0. The molecule has 0 unspecified atom stereocenters. The van der Waals surface area contributed by atoms with Gasteiger partial charge in [0, 0.05) is 67.0 Å². The first-order valence-electron chi connectivity index (χ1n) is 23.9. The molecular weight excluding hydrogens is 849 g/mol. The van der Waals surface area contributed by atoms with E-state index < -0.39 is 0 Å². The van der Waals surface area contributed by atoms with Gasteiger partial charge in [-0.25, -0.2) is 0 Å². The molecule has 0 fully saturated rings. The molecule has 330 valence electrons. The van der Waals surface area contributed by atoms with Crippen molar-refractivity contribution >= 4 is 77.7 Å². The summed E-state index contributed by atoms with van der Waals surface area (Å²) in [4.78, 5) is 4.61. The number of fused-ring (bicyclic) bond motifs is 6. The Balaban J connectivity index is 0.897. The maximum atomic E-state index is 2.40.